The van der Waals surface area contributed by atoms with Crippen molar-refractivity contribution in [3.05, 3.63) is 59.9 Å². The van der Waals surface area contributed by atoms with Gasteiger partial charge in [-0.25, -0.2) is 0 Å². The Morgan fingerprint density at radius 3 is 2.29 bits per heavy atom. The van der Waals surface area contributed by atoms with Gasteiger partial charge in [0.25, 0.3) is 5.08 Å². The summed E-state index contributed by atoms with van der Waals surface area (Å²) in [6.07, 6.45) is 2.95. The van der Waals surface area contributed by atoms with Crippen LogP contribution in [0.4, 0.5) is 0 Å². The molecule has 0 amide bonds. The third kappa shape index (κ3) is 4.25. The number of carbonyl (C=O) groups is 1. The van der Waals surface area contributed by atoms with Gasteiger partial charge in [0.05, 0.1) is 5.92 Å². The Kier molecular flexibility index (Phi) is 5.91. The standard InChI is InChI=1S/C19H21NO9P2/c21-17(14-4-1-5-14)27-16-8-6-15(7-9-16)18-28-30(23,24)19(22,31(25,26)29-18)11-13-3-2-10-20-12-13/h2-3,6-10,12,14,18,22H,1,4-5,11H2,(H,23,24)(H,25,26). The maximum absolute atomic E-state index is 12.8. The average Bonchev–Trinajstić information content (AvgIpc) is 2.66. The molecule has 1 saturated carbocycles. The summed E-state index contributed by atoms with van der Waals surface area (Å²) < 4.78 is 41.0. The fraction of sp³-hybridized carbons (Fsp3) is 0.368. The van der Waals surface area contributed by atoms with E-state index in [9.17, 15) is 28.8 Å². The van der Waals surface area contributed by atoms with E-state index in [2.05, 4.69) is 4.98 Å². The van der Waals surface area contributed by atoms with E-state index in [1.54, 1.807) is 0 Å². The van der Waals surface area contributed by atoms with Crippen LogP contribution in [0.1, 0.15) is 36.7 Å². The largest absolute Gasteiger partial charge is 0.426 e. The lowest BCUT2D eigenvalue weighted by Crippen LogP contribution is -2.37. The van der Waals surface area contributed by atoms with Crippen molar-refractivity contribution in [1.29, 1.82) is 0 Å². The molecule has 10 nitrogen and oxygen atoms in total. The minimum absolute atomic E-state index is 0.109. The smallest absolute Gasteiger partial charge is 0.374 e. The number of benzene rings is 1. The average molecular weight is 469 g/mol. The first-order valence-electron chi connectivity index (χ1n) is 9.57. The second kappa shape index (κ2) is 8.22. The molecule has 1 saturated heterocycles. The summed E-state index contributed by atoms with van der Waals surface area (Å²) in [5.41, 5.74) is 0.382. The first-order chi connectivity index (χ1) is 14.6. The summed E-state index contributed by atoms with van der Waals surface area (Å²) in [7, 11) is -10.1. The predicted octanol–water partition coefficient (Wildman–Crippen LogP) is 3.09. The Morgan fingerprint density at radius 2 is 1.77 bits per heavy atom. The van der Waals surface area contributed by atoms with E-state index in [1.165, 1.54) is 48.8 Å². The van der Waals surface area contributed by atoms with Crippen molar-refractivity contribution >= 4 is 21.2 Å². The Bertz CT molecular complexity index is 1030. The highest BCUT2D eigenvalue weighted by Gasteiger charge is 2.67. The molecule has 1 aromatic carbocycles. The van der Waals surface area contributed by atoms with E-state index in [-0.39, 0.29) is 28.8 Å². The Labute approximate surface area is 177 Å². The second-order valence-electron chi connectivity index (χ2n) is 7.51. The van der Waals surface area contributed by atoms with Crippen LogP contribution in [0.2, 0.25) is 0 Å². The van der Waals surface area contributed by atoms with Gasteiger partial charge >= 0.3 is 21.2 Å². The van der Waals surface area contributed by atoms with Crippen molar-refractivity contribution in [3.8, 4) is 5.75 Å². The first kappa shape index (κ1) is 22.3. The van der Waals surface area contributed by atoms with Crippen molar-refractivity contribution in [1.82, 2.24) is 4.98 Å². The van der Waals surface area contributed by atoms with Gasteiger partial charge < -0.3 is 19.6 Å². The topological polar surface area (TPSA) is 152 Å². The highest BCUT2D eigenvalue weighted by Crippen LogP contribution is 2.79. The molecule has 2 unspecified atom stereocenters. The van der Waals surface area contributed by atoms with Crippen LogP contribution in [-0.2, 0) is 29.4 Å². The molecule has 1 aliphatic carbocycles. The molecule has 2 atom stereocenters. The zero-order valence-electron chi connectivity index (χ0n) is 16.2. The molecule has 3 N–H and O–H groups in total. The summed E-state index contributed by atoms with van der Waals surface area (Å²) in [6.45, 7) is 0. The Morgan fingerprint density at radius 1 is 1.13 bits per heavy atom. The van der Waals surface area contributed by atoms with E-state index < -0.39 is 33.0 Å². The van der Waals surface area contributed by atoms with E-state index in [0.717, 1.165) is 19.3 Å². The molecule has 0 spiro atoms. The predicted molar refractivity (Wildman–Crippen MR) is 107 cm³/mol. The van der Waals surface area contributed by atoms with E-state index in [4.69, 9.17) is 13.8 Å². The van der Waals surface area contributed by atoms with Gasteiger partial charge in [0.1, 0.15) is 5.75 Å². The number of nitrogens with zero attached hydrogens (tertiary/aromatic N) is 1. The number of aliphatic hydroxyl groups is 1. The molecule has 12 heteroatoms. The van der Waals surface area contributed by atoms with E-state index in [1.807, 2.05) is 0 Å². The molecule has 166 valence electrons. The third-order valence-corrected chi connectivity index (χ3v) is 9.95. The molecule has 2 aromatic rings. The van der Waals surface area contributed by atoms with Gasteiger partial charge in [0.2, 0.25) is 6.29 Å². The lowest BCUT2D eigenvalue weighted by molar-refractivity contribution is -0.141. The fourth-order valence-corrected chi connectivity index (χ4v) is 6.82. The molecule has 2 heterocycles. The van der Waals surface area contributed by atoms with Gasteiger partial charge in [-0.05, 0) is 36.6 Å². The maximum atomic E-state index is 12.8. The number of rotatable bonds is 5. The monoisotopic (exact) mass is 469 g/mol. The minimum atomic E-state index is -5.06. The quantitative estimate of drug-likeness (QED) is 0.338. The molecule has 4 rings (SSSR count). The Hall–Kier alpha value is -1.90. The zero-order chi connectivity index (χ0) is 22.3. The van der Waals surface area contributed by atoms with Gasteiger partial charge in [-0.2, -0.15) is 0 Å². The Balaban J connectivity index is 1.52. The van der Waals surface area contributed by atoms with Gasteiger partial charge in [-0.15, -0.1) is 0 Å². The van der Waals surface area contributed by atoms with E-state index in [0.29, 0.717) is 0 Å². The number of hydrogen-bond donors (Lipinski definition) is 3. The van der Waals surface area contributed by atoms with Gasteiger partial charge in [0.15, 0.2) is 0 Å². The SMILES string of the molecule is O=C(Oc1ccc(C2OP(=O)(O)C(O)(Cc3cccnc3)P(=O)(O)O2)cc1)C1CCC1. The number of ether oxygens (including phenoxy) is 1. The molecule has 1 aromatic heterocycles. The first-order valence-corrected chi connectivity index (χ1v) is 12.7. The molecule has 31 heavy (non-hydrogen) atoms. The van der Waals surface area contributed by atoms with Gasteiger partial charge in [-0.3, -0.25) is 28.0 Å². The molecule has 2 fully saturated rings. The lowest BCUT2D eigenvalue weighted by Gasteiger charge is -2.41. The summed E-state index contributed by atoms with van der Waals surface area (Å²) in [6, 6.07) is 8.56. The van der Waals surface area contributed by atoms with Crippen LogP contribution in [-0.4, -0.2) is 30.9 Å². The number of carbonyl (C=O) groups excluding carboxylic acids is 1. The molecular weight excluding hydrogens is 448 g/mol. The normalized spacial score (nSPS) is 33.5. The summed E-state index contributed by atoms with van der Waals surface area (Å²) in [4.78, 5) is 36.5. The van der Waals surface area contributed by atoms with Crippen LogP contribution < -0.4 is 4.74 Å². The number of pyridine rings is 1. The number of aromatic nitrogens is 1. The van der Waals surface area contributed by atoms with Crippen molar-refractivity contribution in [2.75, 3.05) is 0 Å². The van der Waals surface area contributed by atoms with Crippen molar-refractivity contribution in [2.24, 2.45) is 5.92 Å². The summed E-state index contributed by atoms with van der Waals surface area (Å²) in [5, 5.41) is 7.65. The zero-order valence-corrected chi connectivity index (χ0v) is 18.0. The molecule has 1 aliphatic heterocycles. The molecule has 0 radical (unpaired) electrons. The van der Waals surface area contributed by atoms with Crippen molar-refractivity contribution in [2.45, 2.75) is 37.1 Å². The van der Waals surface area contributed by atoms with Crippen LogP contribution in [0.5, 0.6) is 5.75 Å². The number of hydrogen-bond acceptors (Lipinski definition) is 8. The molecule has 0 bridgehead atoms. The molecular formula is C19H21NO9P2. The van der Waals surface area contributed by atoms with Crippen LogP contribution >= 0.6 is 15.2 Å². The van der Waals surface area contributed by atoms with Crippen LogP contribution in [0.15, 0.2) is 48.8 Å². The highest BCUT2D eigenvalue weighted by molar-refractivity contribution is 7.73. The fourth-order valence-electron chi connectivity index (χ4n) is 3.24. The molecule has 2 aliphatic rings. The van der Waals surface area contributed by atoms with Crippen LogP contribution in [0.3, 0.4) is 0 Å². The van der Waals surface area contributed by atoms with Crippen LogP contribution in [0.25, 0.3) is 0 Å². The van der Waals surface area contributed by atoms with Gasteiger partial charge in [0, 0.05) is 24.4 Å². The maximum Gasteiger partial charge on any atom is 0.374 e. The van der Waals surface area contributed by atoms with Crippen molar-refractivity contribution in [3.63, 3.8) is 0 Å². The number of esters is 1. The third-order valence-electron chi connectivity index (χ3n) is 5.36. The summed E-state index contributed by atoms with van der Waals surface area (Å²) >= 11 is 0. The summed E-state index contributed by atoms with van der Waals surface area (Å²) in [5.74, 6) is -0.184. The van der Waals surface area contributed by atoms with Crippen LogP contribution in [0, 0.1) is 5.92 Å². The van der Waals surface area contributed by atoms with E-state index >= 15 is 0 Å². The minimum Gasteiger partial charge on any atom is -0.426 e. The van der Waals surface area contributed by atoms with Gasteiger partial charge in [-0.1, -0.05) is 24.6 Å². The second-order valence-corrected chi connectivity index (χ2v) is 11.8. The lowest BCUT2D eigenvalue weighted by atomic mass is 9.86. The van der Waals surface area contributed by atoms with Crippen molar-refractivity contribution < 1.29 is 42.6 Å². The highest BCUT2D eigenvalue weighted by atomic mass is 31.2.